The van der Waals surface area contributed by atoms with Gasteiger partial charge in [-0.1, -0.05) is 36.4 Å². The minimum absolute atomic E-state index is 0.116. The Morgan fingerprint density at radius 1 is 1.05 bits per heavy atom. The number of rotatable bonds is 9. The van der Waals surface area contributed by atoms with E-state index in [9.17, 15) is 15.0 Å². The Morgan fingerprint density at radius 2 is 1.62 bits per heavy atom. The maximum atomic E-state index is 15.3. The Labute approximate surface area is 226 Å². The van der Waals surface area contributed by atoms with E-state index in [2.05, 4.69) is 15.5 Å². The van der Waals surface area contributed by atoms with Crippen LogP contribution >= 0.6 is 0 Å². The van der Waals surface area contributed by atoms with Crippen molar-refractivity contribution in [3.05, 3.63) is 88.3 Å². The van der Waals surface area contributed by atoms with E-state index in [-0.39, 0.29) is 40.9 Å². The van der Waals surface area contributed by atoms with Crippen LogP contribution in [0.4, 0.5) is 8.78 Å². The third-order valence-corrected chi connectivity index (χ3v) is 5.74. The van der Waals surface area contributed by atoms with Crippen LogP contribution in [0, 0.1) is 25.5 Å². The number of halogens is 2. The number of carbonyl (C=O) groups excluding carboxylic acids is 1. The number of benzene rings is 2. The highest BCUT2D eigenvalue weighted by Crippen LogP contribution is 2.35. The van der Waals surface area contributed by atoms with Crippen LogP contribution in [0.5, 0.6) is 0 Å². The maximum absolute atomic E-state index is 15.3. The van der Waals surface area contributed by atoms with E-state index < -0.39 is 35.4 Å². The van der Waals surface area contributed by atoms with Crippen molar-refractivity contribution in [2.24, 2.45) is 7.05 Å². The number of tetrazole rings is 1. The molecule has 8 nitrogen and oxygen atoms in total. The second-order valence-corrected chi connectivity index (χ2v) is 10.5. The summed E-state index contributed by atoms with van der Waals surface area (Å²) >= 11 is 0. The molecule has 0 aliphatic carbocycles. The number of carbonyl (C=O) groups is 1. The molecule has 3 rings (SSSR count). The van der Waals surface area contributed by atoms with Crippen molar-refractivity contribution in [2.75, 3.05) is 0 Å². The average Bonchev–Trinajstić information content (AvgIpc) is 3.22. The van der Waals surface area contributed by atoms with Gasteiger partial charge in [-0.25, -0.2) is 13.5 Å². The fourth-order valence-electron chi connectivity index (χ4n) is 4.03. The van der Waals surface area contributed by atoms with E-state index in [0.29, 0.717) is 11.1 Å². The van der Waals surface area contributed by atoms with E-state index in [1.165, 1.54) is 29.0 Å². The molecule has 2 N–H and O–H groups in total. The normalized spacial score (nSPS) is 13.4. The fourth-order valence-corrected chi connectivity index (χ4v) is 4.03. The van der Waals surface area contributed by atoms with Crippen molar-refractivity contribution >= 4 is 17.1 Å². The monoisotopic (exact) mass is 540 g/mol. The molecule has 0 fully saturated rings. The minimum atomic E-state index is -1.20. The third kappa shape index (κ3) is 8.11. The molecule has 0 saturated heterocycles. The molecule has 39 heavy (non-hydrogen) atoms. The van der Waals surface area contributed by atoms with Crippen molar-refractivity contribution in [2.45, 2.75) is 65.3 Å². The summed E-state index contributed by atoms with van der Waals surface area (Å²) in [5.74, 6) is -1.54. The first-order valence-corrected chi connectivity index (χ1v) is 12.5. The first-order valence-electron chi connectivity index (χ1n) is 12.5. The molecule has 1 aromatic heterocycles. The molecular formula is C29H34F2N4O4. The van der Waals surface area contributed by atoms with Gasteiger partial charge in [-0.15, -0.1) is 5.10 Å². The molecule has 0 spiro atoms. The minimum Gasteiger partial charge on any atom is -0.460 e. The van der Waals surface area contributed by atoms with Gasteiger partial charge in [-0.05, 0) is 68.3 Å². The summed E-state index contributed by atoms with van der Waals surface area (Å²) in [6, 6.07) is 9.22. The van der Waals surface area contributed by atoms with Gasteiger partial charge >= 0.3 is 5.97 Å². The van der Waals surface area contributed by atoms with Gasteiger partial charge in [-0.2, -0.15) is 0 Å². The zero-order valence-electron chi connectivity index (χ0n) is 22.9. The summed E-state index contributed by atoms with van der Waals surface area (Å²) in [7, 11) is 1.58. The predicted molar refractivity (Wildman–Crippen MR) is 143 cm³/mol. The fraction of sp³-hybridized carbons (Fsp3) is 0.379. The van der Waals surface area contributed by atoms with E-state index in [1.807, 2.05) is 0 Å². The summed E-state index contributed by atoms with van der Waals surface area (Å²) < 4.78 is 37.3. The quantitative estimate of drug-likeness (QED) is 0.305. The number of ether oxygens (including phenoxy) is 1. The van der Waals surface area contributed by atoms with Crippen molar-refractivity contribution < 1.29 is 28.5 Å². The molecule has 3 aromatic rings. The molecule has 208 valence electrons. The smallest absolute Gasteiger partial charge is 0.308 e. The van der Waals surface area contributed by atoms with Crippen LogP contribution in [0.15, 0.2) is 48.6 Å². The number of nitrogens with zero attached hydrogens (tertiary/aromatic N) is 4. The van der Waals surface area contributed by atoms with Crippen LogP contribution < -0.4 is 0 Å². The first-order chi connectivity index (χ1) is 18.2. The molecule has 0 amide bonds. The molecule has 0 aliphatic rings. The maximum Gasteiger partial charge on any atom is 0.308 e. The second kappa shape index (κ2) is 12.4. The number of hydrogen-bond acceptors (Lipinski definition) is 7. The molecule has 1 heterocycles. The third-order valence-electron chi connectivity index (χ3n) is 5.74. The van der Waals surface area contributed by atoms with Gasteiger partial charge in [0.2, 0.25) is 0 Å². The lowest BCUT2D eigenvalue weighted by atomic mass is 9.90. The number of aryl methyl sites for hydroxylation is 3. The van der Waals surface area contributed by atoms with Crippen molar-refractivity contribution in [1.82, 2.24) is 20.2 Å². The van der Waals surface area contributed by atoms with Gasteiger partial charge in [0.1, 0.15) is 17.2 Å². The topological polar surface area (TPSA) is 110 Å². The van der Waals surface area contributed by atoms with Crippen LogP contribution in [0.1, 0.15) is 61.7 Å². The zero-order valence-corrected chi connectivity index (χ0v) is 22.9. The zero-order chi connectivity index (χ0) is 28.9. The van der Waals surface area contributed by atoms with E-state index in [0.717, 1.165) is 0 Å². The van der Waals surface area contributed by atoms with Gasteiger partial charge in [0.25, 0.3) is 0 Å². The number of allylic oxidation sites excluding steroid dienone is 2. The Balaban J connectivity index is 2.09. The Hall–Kier alpha value is -3.76. The Bertz CT molecular complexity index is 1340. The highest BCUT2D eigenvalue weighted by Gasteiger charge is 2.23. The average molecular weight is 541 g/mol. The van der Waals surface area contributed by atoms with Gasteiger partial charge in [0, 0.05) is 35.7 Å². The van der Waals surface area contributed by atoms with E-state index >= 15 is 8.78 Å². The standard InChI is InChI=1S/C29H34F2N4O4/c1-17-7-10-21(24(30)13-17)27(22-11-8-18(2)14-25(22)31)23(28-32-33-34-35(28)6)12-9-19(36)15-20(37)16-26(38)39-29(3,4)5/h7-14,19-20,36-37H,15-16H2,1-6H3. The summed E-state index contributed by atoms with van der Waals surface area (Å²) in [4.78, 5) is 12.0. The molecule has 0 saturated carbocycles. The van der Waals surface area contributed by atoms with Crippen molar-refractivity contribution in [3.63, 3.8) is 0 Å². The van der Waals surface area contributed by atoms with Gasteiger partial charge < -0.3 is 14.9 Å². The van der Waals surface area contributed by atoms with Crippen molar-refractivity contribution in [1.29, 1.82) is 0 Å². The SMILES string of the molecule is Cc1ccc(C(=C(C=CC(O)CC(O)CC(=O)OC(C)(C)C)c2nnnn2C)c2ccc(C)cc2F)c(F)c1. The molecular weight excluding hydrogens is 506 g/mol. The van der Waals surface area contributed by atoms with E-state index in [1.54, 1.807) is 65.9 Å². The largest absolute Gasteiger partial charge is 0.460 e. The molecule has 2 unspecified atom stereocenters. The molecule has 2 atom stereocenters. The second-order valence-electron chi connectivity index (χ2n) is 10.5. The van der Waals surface area contributed by atoms with E-state index in [4.69, 9.17) is 4.74 Å². The highest BCUT2D eigenvalue weighted by molar-refractivity contribution is 6.01. The number of aliphatic hydroxyl groups is 2. The Kier molecular flexibility index (Phi) is 9.47. The summed E-state index contributed by atoms with van der Waals surface area (Å²) in [6.07, 6.45) is -0.0254. The molecule has 0 bridgehead atoms. The van der Waals surface area contributed by atoms with Crippen molar-refractivity contribution in [3.8, 4) is 0 Å². The Morgan fingerprint density at radius 3 is 2.08 bits per heavy atom. The lowest BCUT2D eigenvalue weighted by molar-refractivity contribution is -0.157. The number of hydrogen-bond donors (Lipinski definition) is 2. The summed E-state index contributed by atoms with van der Waals surface area (Å²) in [5, 5.41) is 32.6. The number of aliphatic hydroxyl groups excluding tert-OH is 2. The lowest BCUT2D eigenvalue weighted by Crippen LogP contribution is -2.27. The predicted octanol–water partition coefficient (Wildman–Crippen LogP) is 4.46. The highest BCUT2D eigenvalue weighted by atomic mass is 19.1. The van der Waals surface area contributed by atoms with Gasteiger partial charge in [0.05, 0.1) is 18.6 Å². The number of aromatic nitrogens is 4. The summed E-state index contributed by atoms with van der Waals surface area (Å²) in [6.45, 7) is 8.64. The lowest BCUT2D eigenvalue weighted by Gasteiger charge is -2.21. The van der Waals surface area contributed by atoms with Crippen LogP contribution in [0.25, 0.3) is 11.1 Å². The molecule has 2 aromatic carbocycles. The van der Waals surface area contributed by atoms with Gasteiger partial charge in [0.15, 0.2) is 5.82 Å². The van der Waals surface area contributed by atoms with Gasteiger partial charge in [-0.3, -0.25) is 4.79 Å². The molecule has 0 aliphatic heterocycles. The van der Waals surface area contributed by atoms with Crippen LogP contribution in [0.3, 0.4) is 0 Å². The first kappa shape index (κ1) is 29.8. The molecule has 0 radical (unpaired) electrons. The summed E-state index contributed by atoms with van der Waals surface area (Å²) in [5.41, 5.74) is 1.33. The van der Waals surface area contributed by atoms with Crippen LogP contribution in [0.2, 0.25) is 0 Å². The number of esters is 1. The molecule has 10 heteroatoms. The van der Waals surface area contributed by atoms with Crippen LogP contribution in [-0.2, 0) is 16.6 Å². The van der Waals surface area contributed by atoms with Crippen LogP contribution in [-0.4, -0.2) is 54.2 Å².